The number of aliphatic hydroxyl groups excluding tert-OH is 1. The molecule has 0 aliphatic heterocycles. The molecule has 27 heavy (non-hydrogen) atoms. The average Bonchev–Trinajstić information content (AvgIpc) is 3.23. The van der Waals surface area contributed by atoms with Crippen LogP contribution in [0.5, 0.6) is 11.5 Å². The van der Waals surface area contributed by atoms with Gasteiger partial charge in [-0.2, -0.15) is 5.10 Å². The number of fused-ring (bicyclic) bond motifs is 3. The van der Waals surface area contributed by atoms with Crippen molar-refractivity contribution in [2.45, 2.75) is 19.8 Å². The first-order chi connectivity index (χ1) is 13.3. The number of nitrogens with one attached hydrogen (secondary N) is 2. The molecule has 2 aromatic heterocycles. The number of aromatic amines is 1. The van der Waals surface area contributed by atoms with E-state index in [2.05, 4.69) is 20.5 Å². The molecule has 0 radical (unpaired) electrons. The van der Waals surface area contributed by atoms with Gasteiger partial charge in [0.15, 0.2) is 11.5 Å². The van der Waals surface area contributed by atoms with E-state index >= 15 is 0 Å². The SMILES string of the molecule is CCOc1cc2c(cc1OCCCO)Cc1c-2n[nH]c1Nc1cccnc1. The Morgan fingerprint density at radius 2 is 2.15 bits per heavy atom. The number of rotatable bonds is 8. The number of ether oxygens (including phenoxy) is 2. The third kappa shape index (κ3) is 3.46. The number of hydrogen-bond donors (Lipinski definition) is 3. The van der Waals surface area contributed by atoms with Gasteiger partial charge >= 0.3 is 0 Å². The Morgan fingerprint density at radius 1 is 1.26 bits per heavy atom. The minimum atomic E-state index is 0.105. The van der Waals surface area contributed by atoms with Crippen molar-refractivity contribution in [3.63, 3.8) is 0 Å². The highest BCUT2D eigenvalue weighted by Crippen LogP contribution is 2.44. The van der Waals surface area contributed by atoms with Crippen LogP contribution < -0.4 is 14.8 Å². The van der Waals surface area contributed by atoms with Gasteiger partial charge in [0.2, 0.25) is 0 Å². The maximum Gasteiger partial charge on any atom is 0.161 e. The molecular formula is C20H22N4O3. The molecule has 1 aliphatic rings. The largest absolute Gasteiger partial charge is 0.490 e. The van der Waals surface area contributed by atoms with Gasteiger partial charge in [0, 0.05) is 36.8 Å². The Morgan fingerprint density at radius 3 is 2.93 bits per heavy atom. The summed E-state index contributed by atoms with van der Waals surface area (Å²) in [5.74, 6) is 2.28. The number of nitrogens with zero attached hydrogens (tertiary/aromatic N) is 2. The van der Waals surface area contributed by atoms with Crippen LogP contribution >= 0.6 is 0 Å². The van der Waals surface area contributed by atoms with E-state index in [0.29, 0.717) is 31.1 Å². The van der Waals surface area contributed by atoms with Crippen molar-refractivity contribution in [2.24, 2.45) is 0 Å². The normalized spacial score (nSPS) is 11.8. The number of anilines is 2. The first kappa shape index (κ1) is 17.4. The minimum Gasteiger partial charge on any atom is -0.490 e. The molecule has 0 atom stereocenters. The smallest absolute Gasteiger partial charge is 0.161 e. The fraction of sp³-hybridized carbons (Fsp3) is 0.300. The van der Waals surface area contributed by atoms with E-state index in [9.17, 15) is 0 Å². The van der Waals surface area contributed by atoms with Crippen LogP contribution in [-0.4, -0.2) is 40.1 Å². The molecule has 0 amide bonds. The summed E-state index contributed by atoms with van der Waals surface area (Å²) in [6, 6.07) is 7.86. The van der Waals surface area contributed by atoms with Crippen LogP contribution in [0.4, 0.5) is 11.5 Å². The summed E-state index contributed by atoms with van der Waals surface area (Å²) in [4.78, 5) is 4.13. The predicted octanol–water partition coefficient (Wildman–Crippen LogP) is 3.28. The van der Waals surface area contributed by atoms with E-state index in [1.807, 2.05) is 31.2 Å². The second kappa shape index (κ2) is 7.67. The zero-order valence-electron chi connectivity index (χ0n) is 15.2. The monoisotopic (exact) mass is 366 g/mol. The standard InChI is InChI=1S/C20H22N4O3/c1-2-26-18-11-15-13(10-17(18)27-8-4-7-25)9-16-19(15)23-24-20(16)22-14-5-3-6-21-12-14/h3,5-6,10-12,25H,2,4,7-9H2,1H3,(H2,22,23,24). The molecule has 7 nitrogen and oxygen atoms in total. The summed E-state index contributed by atoms with van der Waals surface area (Å²) in [6.07, 6.45) is 4.86. The molecule has 0 saturated carbocycles. The summed E-state index contributed by atoms with van der Waals surface area (Å²) in [6.45, 7) is 3.05. The molecule has 4 rings (SSSR count). The lowest BCUT2D eigenvalue weighted by atomic mass is 10.1. The van der Waals surface area contributed by atoms with Crippen LogP contribution in [0.1, 0.15) is 24.5 Å². The Kier molecular flexibility index (Phi) is 4.93. The third-order valence-corrected chi connectivity index (χ3v) is 4.45. The van der Waals surface area contributed by atoms with Crippen molar-refractivity contribution in [1.82, 2.24) is 15.2 Å². The Labute approximate surface area is 157 Å². The first-order valence-electron chi connectivity index (χ1n) is 9.08. The van der Waals surface area contributed by atoms with Crippen LogP contribution in [0.3, 0.4) is 0 Å². The van der Waals surface area contributed by atoms with Crippen molar-refractivity contribution < 1.29 is 14.6 Å². The van der Waals surface area contributed by atoms with Crippen molar-refractivity contribution in [1.29, 1.82) is 0 Å². The number of H-pyrrole nitrogens is 1. The molecule has 3 N–H and O–H groups in total. The van der Waals surface area contributed by atoms with Gasteiger partial charge in [-0.05, 0) is 36.8 Å². The van der Waals surface area contributed by atoms with E-state index in [1.54, 1.807) is 12.4 Å². The molecule has 0 fully saturated rings. The fourth-order valence-electron chi connectivity index (χ4n) is 3.23. The molecule has 1 aromatic carbocycles. The van der Waals surface area contributed by atoms with Gasteiger partial charge in [0.05, 0.1) is 30.8 Å². The van der Waals surface area contributed by atoms with E-state index in [0.717, 1.165) is 40.3 Å². The zero-order chi connectivity index (χ0) is 18.6. The molecule has 2 heterocycles. The van der Waals surface area contributed by atoms with Gasteiger partial charge < -0.3 is 19.9 Å². The number of hydrogen-bond acceptors (Lipinski definition) is 6. The maximum atomic E-state index is 8.98. The molecule has 0 bridgehead atoms. The van der Waals surface area contributed by atoms with Crippen molar-refractivity contribution in [3.8, 4) is 22.8 Å². The van der Waals surface area contributed by atoms with Crippen LogP contribution in [0.2, 0.25) is 0 Å². The van der Waals surface area contributed by atoms with Crippen molar-refractivity contribution in [3.05, 3.63) is 47.8 Å². The molecule has 0 spiro atoms. The molecule has 0 unspecified atom stereocenters. The zero-order valence-corrected chi connectivity index (χ0v) is 15.2. The van der Waals surface area contributed by atoms with Gasteiger partial charge in [-0.3, -0.25) is 10.1 Å². The average molecular weight is 366 g/mol. The molecule has 140 valence electrons. The fourth-order valence-corrected chi connectivity index (χ4v) is 3.23. The summed E-state index contributed by atoms with van der Waals surface area (Å²) < 4.78 is 11.6. The molecule has 0 saturated heterocycles. The topological polar surface area (TPSA) is 92.3 Å². The van der Waals surface area contributed by atoms with Gasteiger partial charge in [-0.1, -0.05) is 0 Å². The van der Waals surface area contributed by atoms with Crippen molar-refractivity contribution >= 4 is 11.5 Å². The Hall–Kier alpha value is -3.06. The number of aliphatic hydroxyl groups is 1. The van der Waals surface area contributed by atoms with Crippen molar-refractivity contribution in [2.75, 3.05) is 25.1 Å². The number of benzene rings is 1. The van der Waals surface area contributed by atoms with Crippen LogP contribution in [0.15, 0.2) is 36.7 Å². The van der Waals surface area contributed by atoms with Gasteiger partial charge in [0.1, 0.15) is 5.82 Å². The Balaban J connectivity index is 1.63. The maximum absolute atomic E-state index is 8.98. The first-order valence-corrected chi connectivity index (χ1v) is 9.08. The predicted molar refractivity (Wildman–Crippen MR) is 103 cm³/mol. The molecule has 7 heteroatoms. The van der Waals surface area contributed by atoms with Gasteiger partial charge in [-0.15, -0.1) is 0 Å². The lowest BCUT2D eigenvalue weighted by Gasteiger charge is -2.14. The van der Waals surface area contributed by atoms with Crippen LogP contribution in [0.25, 0.3) is 11.3 Å². The second-order valence-corrected chi connectivity index (χ2v) is 6.28. The summed E-state index contributed by atoms with van der Waals surface area (Å²) in [7, 11) is 0. The Bertz CT molecular complexity index is 924. The van der Waals surface area contributed by atoms with Gasteiger partial charge in [-0.25, -0.2) is 0 Å². The highest BCUT2D eigenvalue weighted by molar-refractivity contribution is 5.81. The lowest BCUT2D eigenvalue weighted by Crippen LogP contribution is -2.03. The molecule has 1 aliphatic carbocycles. The van der Waals surface area contributed by atoms with E-state index < -0.39 is 0 Å². The molecule has 3 aromatic rings. The lowest BCUT2D eigenvalue weighted by molar-refractivity contribution is 0.225. The minimum absolute atomic E-state index is 0.105. The second-order valence-electron chi connectivity index (χ2n) is 6.28. The number of aromatic nitrogens is 3. The summed E-state index contributed by atoms with van der Waals surface area (Å²) >= 11 is 0. The van der Waals surface area contributed by atoms with E-state index in [1.165, 1.54) is 0 Å². The number of pyridine rings is 1. The highest BCUT2D eigenvalue weighted by Gasteiger charge is 2.27. The van der Waals surface area contributed by atoms with Crippen LogP contribution in [0, 0.1) is 0 Å². The van der Waals surface area contributed by atoms with Crippen LogP contribution in [-0.2, 0) is 6.42 Å². The van der Waals surface area contributed by atoms with E-state index in [-0.39, 0.29) is 6.61 Å². The summed E-state index contributed by atoms with van der Waals surface area (Å²) in [5.41, 5.74) is 5.16. The third-order valence-electron chi connectivity index (χ3n) is 4.45. The molecular weight excluding hydrogens is 344 g/mol. The van der Waals surface area contributed by atoms with E-state index in [4.69, 9.17) is 14.6 Å². The van der Waals surface area contributed by atoms with Gasteiger partial charge in [0.25, 0.3) is 0 Å². The summed E-state index contributed by atoms with van der Waals surface area (Å²) in [5, 5.41) is 19.9. The highest BCUT2D eigenvalue weighted by atomic mass is 16.5. The quantitative estimate of drug-likeness (QED) is 0.415.